The molecule has 36 heavy (non-hydrogen) atoms. The average molecular weight is 487 g/mol. The number of H-pyrrole nitrogens is 1. The van der Waals surface area contributed by atoms with Crippen molar-refractivity contribution in [3.8, 4) is 0 Å². The van der Waals surface area contributed by atoms with Gasteiger partial charge in [0.05, 0.1) is 17.7 Å². The van der Waals surface area contributed by atoms with Crippen molar-refractivity contribution in [1.29, 1.82) is 0 Å². The zero-order valence-electron chi connectivity index (χ0n) is 20.6. The van der Waals surface area contributed by atoms with Gasteiger partial charge in [-0.3, -0.25) is 29.0 Å². The number of fused-ring (bicyclic) bond motifs is 2. The van der Waals surface area contributed by atoms with Gasteiger partial charge in [0.25, 0.3) is 11.8 Å². The van der Waals surface area contributed by atoms with E-state index in [-0.39, 0.29) is 24.2 Å². The van der Waals surface area contributed by atoms with Gasteiger partial charge in [0.1, 0.15) is 6.04 Å². The summed E-state index contributed by atoms with van der Waals surface area (Å²) in [4.78, 5) is 60.8. The van der Waals surface area contributed by atoms with Crippen LogP contribution in [0.1, 0.15) is 51.3 Å². The Balaban J connectivity index is 1.25. The number of para-hydroxylation sites is 1. The summed E-state index contributed by atoms with van der Waals surface area (Å²) in [7, 11) is 0. The van der Waals surface area contributed by atoms with E-state index in [2.05, 4.69) is 4.98 Å². The third-order valence-electron chi connectivity index (χ3n) is 7.06. The standard InChI is InChI=1S/C28H30N4O4/c1-18(2)15-24(32-26(34)20-8-3-4-9-21(20)27(32)35)28(36)31-13-11-30(12-14-31)17-25(33)22-16-29-23-10-6-5-7-19(22)23/h3-10,16,18,24,29H,11-15,17H2,1-2H3. The fourth-order valence-electron chi connectivity index (χ4n) is 5.18. The van der Waals surface area contributed by atoms with Crippen LogP contribution in [0.2, 0.25) is 0 Å². The van der Waals surface area contributed by atoms with Crippen molar-refractivity contribution < 1.29 is 19.2 Å². The predicted octanol–water partition coefficient (Wildman–Crippen LogP) is 3.21. The van der Waals surface area contributed by atoms with Crippen molar-refractivity contribution in [1.82, 2.24) is 19.7 Å². The molecule has 3 aromatic rings. The number of amides is 3. The van der Waals surface area contributed by atoms with E-state index in [9.17, 15) is 19.2 Å². The summed E-state index contributed by atoms with van der Waals surface area (Å²) >= 11 is 0. The van der Waals surface area contributed by atoms with Gasteiger partial charge >= 0.3 is 0 Å². The molecule has 3 amide bonds. The molecule has 5 rings (SSSR count). The number of aromatic amines is 1. The second kappa shape index (κ2) is 9.70. The molecule has 1 N–H and O–H groups in total. The van der Waals surface area contributed by atoms with E-state index in [4.69, 9.17) is 0 Å². The number of hydrogen-bond acceptors (Lipinski definition) is 5. The number of nitrogens with zero attached hydrogens (tertiary/aromatic N) is 3. The highest BCUT2D eigenvalue weighted by Gasteiger charge is 2.44. The molecule has 0 bridgehead atoms. The number of nitrogens with one attached hydrogen (secondary N) is 1. The largest absolute Gasteiger partial charge is 0.360 e. The first-order valence-corrected chi connectivity index (χ1v) is 12.4. The molecular weight excluding hydrogens is 456 g/mol. The quantitative estimate of drug-likeness (QED) is 0.409. The lowest BCUT2D eigenvalue weighted by molar-refractivity contribution is -0.137. The maximum Gasteiger partial charge on any atom is 0.262 e. The zero-order chi connectivity index (χ0) is 25.4. The topological polar surface area (TPSA) is 93.8 Å². The van der Waals surface area contributed by atoms with Gasteiger partial charge in [-0.2, -0.15) is 0 Å². The molecule has 1 fully saturated rings. The van der Waals surface area contributed by atoms with Gasteiger partial charge in [0.15, 0.2) is 5.78 Å². The molecule has 1 unspecified atom stereocenters. The summed E-state index contributed by atoms with van der Waals surface area (Å²) in [5.41, 5.74) is 2.31. The average Bonchev–Trinajstić information content (AvgIpc) is 3.42. The van der Waals surface area contributed by atoms with Crippen LogP contribution in [0.4, 0.5) is 0 Å². The first kappa shape index (κ1) is 23.9. The van der Waals surface area contributed by atoms with Crippen LogP contribution in [0.3, 0.4) is 0 Å². The van der Waals surface area contributed by atoms with E-state index in [0.29, 0.717) is 49.3 Å². The number of imide groups is 1. The molecule has 1 aromatic heterocycles. The van der Waals surface area contributed by atoms with Crippen molar-refractivity contribution in [3.05, 3.63) is 71.4 Å². The number of aromatic nitrogens is 1. The van der Waals surface area contributed by atoms with E-state index >= 15 is 0 Å². The molecule has 0 saturated carbocycles. The van der Waals surface area contributed by atoms with Crippen molar-refractivity contribution in [2.24, 2.45) is 5.92 Å². The summed E-state index contributed by atoms with van der Waals surface area (Å²) in [6.07, 6.45) is 2.16. The second-order valence-electron chi connectivity index (χ2n) is 9.94. The highest BCUT2D eigenvalue weighted by atomic mass is 16.2. The lowest BCUT2D eigenvalue weighted by atomic mass is 10.0. The van der Waals surface area contributed by atoms with Crippen LogP contribution in [-0.2, 0) is 4.79 Å². The zero-order valence-corrected chi connectivity index (χ0v) is 20.6. The first-order chi connectivity index (χ1) is 17.3. The SMILES string of the molecule is CC(C)CC(C(=O)N1CCN(CC(=O)c2c[nH]c3ccccc23)CC1)N1C(=O)c2ccccc2C1=O. The van der Waals surface area contributed by atoms with Crippen LogP contribution >= 0.6 is 0 Å². The highest BCUT2D eigenvalue weighted by molar-refractivity contribution is 6.22. The van der Waals surface area contributed by atoms with Crippen LogP contribution in [0.15, 0.2) is 54.7 Å². The molecule has 0 spiro atoms. The lowest BCUT2D eigenvalue weighted by Crippen LogP contribution is -2.56. The molecule has 3 heterocycles. The van der Waals surface area contributed by atoms with Gasteiger partial charge < -0.3 is 9.88 Å². The molecular formula is C28H30N4O4. The Morgan fingerprint density at radius 2 is 1.50 bits per heavy atom. The number of Topliss-reactive ketones (excluding diaryl/α,β-unsaturated/α-hetero) is 1. The number of carbonyl (C=O) groups excluding carboxylic acids is 4. The van der Waals surface area contributed by atoms with E-state index < -0.39 is 17.9 Å². The fourth-order valence-corrected chi connectivity index (χ4v) is 5.18. The van der Waals surface area contributed by atoms with E-state index in [1.807, 2.05) is 43.0 Å². The molecule has 0 radical (unpaired) electrons. The normalized spacial score (nSPS) is 17.2. The van der Waals surface area contributed by atoms with Crippen molar-refractivity contribution in [2.75, 3.05) is 32.7 Å². The molecule has 0 aliphatic carbocycles. The smallest absolute Gasteiger partial charge is 0.262 e. The summed E-state index contributed by atoms with van der Waals surface area (Å²) in [6, 6.07) is 13.6. The number of carbonyl (C=O) groups is 4. The number of ketones is 1. The molecule has 1 saturated heterocycles. The molecule has 8 nitrogen and oxygen atoms in total. The van der Waals surface area contributed by atoms with Crippen LogP contribution < -0.4 is 0 Å². The summed E-state index contributed by atoms with van der Waals surface area (Å²) in [6.45, 7) is 6.22. The van der Waals surface area contributed by atoms with Gasteiger partial charge in [0.2, 0.25) is 5.91 Å². The third-order valence-corrected chi connectivity index (χ3v) is 7.06. The summed E-state index contributed by atoms with van der Waals surface area (Å²) < 4.78 is 0. The first-order valence-electron chi connectivity index (χ1n) is 12.4. The van der Waals surface area contributed by atoms with Gasteiger partial charge in [-0.05, 0) is 30.5 Å². The minimum Gasteiger partial charge on any atom is -0.360 e. The molecule has 186 valence electrons. The van der Waals surface area contributed by atoms with Gasteiger partial charge in [0, 0.05) is 48.8 Å². The Bertz CT molecular complexity index is 1300. The number of rotatable bonds is 7. The Hall–Kier alpha value is -3.78. The number of piperazine rings is 1. The minimum atomic E-state index is -0.836. The Kier molecular flexibility index (Phi) is 6.45. The van der Waals surface area contributed by atoms with Crippen molar-refractivity contribution >= 4 is 34.4 Å². The van der Waals surface area contributed by atoms with E-state index in [1.165, 1.54) is 0 Å². The number of hydrogen-bond donors (Lipinski definition) is 1. The molecule has 2 aliphatic rings. The summed E-state index contributed by atoms with van der Waals surface area (Å²) in [5, 5.41) is 0.911. The van der Waals surface area contributed by atoms with Gasteiger partial charge in [-0.15, -0.1) is 0 Å². The summed E-state index contributed by atoms with van der Waals surface area (Å²) in [5.74, 6) is -0.856. The van der Waals surface area contributed by atoms with Gasteiger partial charge in [-0.25, -0.2) is 0 Å². The molecule has 2 aromatic carbocycles. The maximum absolute atomic E-state index is 13.6. The van der Waals surface area contributed by atoms with Crippen molar-refractivity contribution in [2.45, 2.75) is 26.3 Å². The third kappa shape index (κ3) is 4.33. The van der Waals surface area contributed by atoms with Crippen LogP contribution in [-0.4, -0.2) is 82.0 Å². The van der Waals surface area contributed by atoms with Crippen LogP contribution in [0.25, 0.3) is 10.9 Å². The fraction of sp³-hybridized carbons (Fsp3) is 0.357. The van der Waals surface area contributed by atoms with Crippen molar-refractivity contribution in [3.63, 3.8) is 0 Å². The number of benzene rings is 2. The second-order valence-corrected chi connectivity index (χ2v) is 9.94. The molecule has 8 heteroatoms. The molecule has 2 aliphatic heterocycles. The highest BCUT2D eigenvalue weighted by Crippen LogP contribution is 2.28. The Labute approximate surface area is 209 Å². The predicted molar refractivity (Wildman–Crippen MR) is 136 cm³/mol. The molecule has 1 atom stereocenters. The van der Waals surface area contributed by atoms with E-state index in [0.717, 1.165) is 15.8 Å². The maximum atomic E-state index is 13.6. The van der Waals surface area contributed by atoms with Gasteiger partial charge in [-0.1, -0.05) is 44.2 Å². The monoisotopic (exact) mass is 486 g/mol. The Morgan fingerprint density at radius 1 is 0.889 bits per heavy atom. The van der Waals surface area contributed by atoms with Crippen LogP contribution in [0, 0.1) is 5.92 Å². The minimum absolute atomic E-state index is 0.0379. The lowest BCUT2D eigenvalue weighted by Gasteiger charge is -2.38. The van der Waals surface area contributed by atoms with E-state index in [1.54, 1.807) is 35.4 Å². The van der Waals surface area contributed by atoms with Crippen LogP contribution in [0.5, 0.6) is 0 Å². The Morgan fingerprint density at radius 3 is 2.14 bits per heavy atom.